The smallest absolute Gasteiger partial charge is 0.274 e. The maximum Gasteiger partial charge on any atom is 0.346 e. The number of aromatic amines is 1. The van der Waals surface area contributed by atoms with Crippen molar-refractivity contribution in [2.24, 2.45) is 0 Å². The largest absolute Gasteiger partial charge is 0.346 e. The van der Waals surface area contributed by atoms with E-state index in [4.69, 9.17) is 0 Å². The van der Waals surface area contributed by atoms with Gasteiger partial charge in [-0.15, -0.1) is 10.2 Å². The van der Waals surface area contributed by atoms with Gasteiger partial charge in [-0.25, -0.2) is 9.48 Å². The summed E-state index contributed by atoms with van der Waals surface area (Å²) in [5, 5.41) is 19.1. The zero-order chi connectivity index (χ0) is 23.8. The number of hydrogen-bond donors (Lipinski definition) is 1. The van der Waals surface area contributed by atoms with Crippen molar-refractivity contribution in [1.82, 2.24) is 35.0 Å². The van der Waals surface area contributed by atoms with E-state index >= 15 is 0 Å². The van der Waals surface area contributed by atoms with E-state index in [1.165, 1.54) is 12.8 Å². The van der Waals surface area contributed by atoms with Gasteiger partial charge in [-0.2, -0.15) is 10.3 Å². The Kier molecular flexibility index (Phi) is 7.80. The number of rotatable bonds is 11. The average Bonchev–Trinajstić information content (AvgIpc) is 3.50. The normalized spacial score (nSPS) is 11.5. The standard InChI is InChI=1S/C26H31N7O/c1-3-5-7-8-13-24-29-33(18-6-4-2)26(34)32(24)19-20-14-16-21(17-15-20)22-11-9-10-12-23(22)25-27-30-31-28-25/h4,6,9-12,14-17H,3,5,7-8,13,18-19H2,1-2H3,(H,27,28,30,31)/b6-4+. The SMILES string of the molecule is C/C=C/Cn1nc(CCCCCC)n(Cc2ccc(-c3ccccc3-c3nn[nH]n3)cc2)c1=O. The highest BCUT2D eigenvalue weighted by Gasteiger charge is 2.14. The molecule has 0 aliphatic rings. The number of aryl methyl sites for hydroxylation is 1. The number of aromatic nitrogens is 7. The molecule has 0 saturated carbocycles. The summed E-state index contributed by atoms with van der Waals surface area (Å²) >= 11 is 0. The third kappa shape index (κ3) is 5.39. The van der Waals surface area contributed by atoms with Gasteiger partial charge in [-0.1, -0.05) is 86.9 Å². The fourth-order valence-corrected chi connectivity index (χ4v) is 4.04. The monoisotopic (exact) mass is 457 g/mol. The van der Waals surface area contributed by atoms with Crippen molar-refractivity contribution < 1.29 is 0 Å². The lowest BCUT2D eigenvalue weighted by Gasteiger charge is -2.09. The Hall–Kier alpha value is -3.81. The van der Waals surface area contributed by atoms with E-state index < -0.39 is 0 Å². The zero-order valence-corrected chi connectivity index (χ0v) is 19.8. The average molecular weight is 458 g/mol. The number of H-pyrrole nitrogens is 1. The summed E-state index contributed by atoms with van der Waals surface area (Å²) < 4.78 is 3.38. The minimum atomic E-state index is -0.0601. The van der Waals surface area contributed by atoms with Gasteiger partial charge < -0.3 is 0 Å². The molecule has 0 radical (unpaired) electrons. The van der Waals surface area contributed by atoms with Crippen LogP contribution in [0.1, 0.15) is 50.9 Å². The van der Waals surface area contributed by atoms with Crippen molar-refractivity contribution in [2.45, 2.75) is 59.0 Å². The van der Waals surface area contributed by atoms with Crippen LogP contribution in [0.4, 0.5) is 0 Å². The van der Waals surface area contributed by atoms with Gasteiger partial charge in [0.15, 0.2) is 0 Å². The number of nitrogens with one attached hydrogen (secondary N) is 1. The molecule has 0 amide bonds. The highest BCUT2D eigenvalue weighted by molar-refractivity contribution is 5.80. The molecule has 0 aliphatic carbocycles. The van der Waals surface area contributed by atoms with Gasteiger partial charge in [0.05, 0.1) is 13.1 Å². The minimum Gasteiger partial charge on any atom is -0.274 e. The van der Waals surface area contributed by atoms with Crippen molar-refractivity contribution in [2.75, 3.05) is 0 Å². The Balaban J connectivity index is 1.58. The van der Waals surface area contributed by atoms with Crippen LogP contribution in [0.5, 0.6) is 0 Å². The number of hydrogen-bond acceptors (Lipinski definition) is 5. The van der Waals surface area contributed by atoms with Gasteiger partial charge in [0.25, 0.3) is 0 Å². The van der Waals surface area contributed by atoms with E-state index in [0.29, 0.717) is 18.9 Å². The Morgan fingerprint density at radius 3 is 2.50 bits per heavy atom. The maximum absolute atomic E-state index is 13.1. The van der Waals surface area contributed by atoms with Crippen LogP contribution < -0.4 is 5.69 Å². The summed E-state index contributed by atoms with van der Waals surface area (Å²) in [7, 11) is 0. The van der Waals surface area contributed by atoms with Crippen LogP contribution in [-0.2, 0) is 19.5 Å². The molecule has 8 heteroatoms. The number of nitrogens with zero attached hydrogens (tertiary/aromatic N) is 6. The van der Waals surface area contributed by atoms with Crippen LogP contribution in [0.25, 0.3) is 22.5 Å². The maximum atomic E-state index is 13.1. The van der Waals surface area contributed by atoms with Crippen molar-refractivity contribution in [3.63, 3.8) is 0 Å². The molecule has 2 aromatic heterocycles. The second kappa shape index (κ2) is 11.4. The third-order valence-electron chi connectivity index (χ3n) is 5.89. The van der Waals surface area contributed by atoms with Gasteiger partial charge in [-0.05, 0) is 35.2 Å². The lowest BCUT2D eigenvalue weighted by Crippen LogP contribution is -2.25. The first-order chi connectivity index (χ1) is 16.7. The molecule has 0 saturated heterocycles. The van der Waals surface area contributed by atoms with Gasteiger partial charge in [-0.3, -0.25) is 4.57 Å². The molecule has 2 heterocycles. The first kappa shape index (κ1) is 23.4. The van der Waals surface area contributed by atoms with E-state index in [0.717, 1.165) is 47.3 Å². The minimum absolute atomic E-state index is 0.0601. The molecule has 4 aromatic rings. The summed E-state index contributed by atoms with van der Waals surface area (Å²) in [6, 6.07) is 16.3. The van der Waals surface area contributed by atoms with Crippen LogP contribution in [0.15, 0.2) is 65.5 Å². The Morgan fingerprint density at radius 1 is 1.00 bits per heavy atom. The molecule has 0 unspecified atom stereocenters. The Labute approximate surface area is 199 Å². The van der Waals surface area contributed by atoms with Crippen LogP contribution >= 0.6 is 0 Å². The predicted molar refractivity (Wildman–Crippen MR) is 133 cm³/mol. The van der Waals surface area contributed by atoms with Crippen molar-refractivity contribution >= 4 is 0 Å². The third-order valence-corrected chi connectivity index (χ3v) is 5.89. The number of allylic oxidation sites excluding steroid dienone is 2. The molecule has 4 rings (SSSR count). The fraction of sp³-hybridized carbons (Fsp3) is 0.346. The van der Waals surface area contributed by atoms with Crippen molar-refractivity contribution in [3.05, 3.63) is 82.6 Å². The molecule has 176 valence electrons. The molecular weight excluding hydrogens is 426 g/mol. The van der Waals surface area contributed by atoms with Crippen molar-refractivity contribution in [1.29, 1.82) is 0 Å². The van der Waals surface area contributed by atoms with E-state index in [2.05, 4.69) is 56.9 Å². The molecule has 34 heavy (non-hydrogen) atoms. The van der Waals surface area contributed by atoms with Crippen molar-refractivity contribution in [3.8, 4) is 22.5 Å². The van der Waals surface area contributed by atoms with Crippen LogP contribution in [0, 0.1) is 0 Å². The fourth-order valence-electron chi connectivity index (χ4n) is 4.04. The van der Waals surface area contributed by atoms with E-state index in [1.807, 2.05) is 47.9 Å². The molecule has 1 N–H and O–H groups in total. The van der Waals surface area contributed by atoms with Crippen LogP contribution in [-0.4, -0.2) is 35.0 Å². The number of unbranched alkanes of at least 4 members (excludes halogenated alkanes) is 3. The highest BCUT2D eigenvalue weighted by atomic mass is 16.2. The van der Waals surface area contributed by atoms with Gasteiger partial charge >= 0.3 is 5.69 Å². The van der Waals surface area contributed by atoms with Gasteiger partial charge in [0.1, 0.15) is 5.82 Å². The van der Waals surface area contributed by atoms with Gasteiger partial charge in [0.2, 0.25) is 5.82 Å². The predicted octanol–water partition coefficient (Wildman–Crippen LogP) is 4.64. The summed E-state index contributed by atoms with van der Waals surface area (Å²) in [5.41, 5.74) is 4.00. The highest BCUT2D eigenvalue weighted by Crippen LogP contribution is 2.29. The molecule has 0 atom stereocenters. The topological polar surface area (TPSA) is 94.3 Å². The summed E-state index contributed by atoms with van der Waals surface area (Å²) in [5.74, 6) is 1.42. The second-order valence-electron chi connectivity index (χ2n) is 8.32. The zero-order valence-electron chi connectivity index (χ0n) is 19.8. The molecule has 0 aliphatic heterocycles. The Morgan fingerprint density at radius 2 is 1.79 bits per heavy atom. The van der Waals surface area contributed by atoms with Gasteiger partial charge in [0, 0.05) is 12.0 Å². The summed E-state index contributed by atoms with van der Waals surface area (Å²) in [6.07, 6.45) is 9.29. The molecule has 0 fully saturated rings. The summed E-state index contributed by atoms with van der Waals surface area (Å²) in [6.45, 7) is 5.15. The lowest BCUT2D eigenvalue weighted by atomic mass is 9.98. The number of benzene rings is 2. The lowest BCUT2D eigenvalue weighted by molar-refractivity contribution is 0.621. The molecule has 0 spiro atoms. The molecule has 8 nitrogen and oxygen atoms in total. The first-order valence-corrected chi connectivity index (χ1v) is 11.9. The Bertz CT molecular complexity index is 1270. The number of tetrazole rings is 1. The van der Waals surface area contributed by atoms with E-state index in [1.54, 1.807) is 4.68 Å². The van der Waals surface area contributed by atoms with Crippen LogP contribution in [0.2, 0.25) is 0 Å². The van der Waals surface area contributed by atoms with Crippen LogP contribution in [0.3, 0.4) is 0 Å². The van der Waals surface area contributed by atoms with E-state index in [-0.39, 0.29) is 5.69 Å². The molecular formula is C26H31N7O. The first-order valence-electron chi connectivity index (χ1n) is 11.9. The molecule has 0 bridgehead atoms. The quantitative estimate of drug-likeness (QED) is 0.262. The second-order valence-corrected chi connectivity index (χ2v) is 8.32. The van der Waals surface area contributed by atoms with E-state index in [9.17, 15) is 4.79 Å². The summed E-state index contributed by atoms with van der Waals surface area (Å²) in [4.78, 5) is 13.1. The molecule has 2 aromatic carbocycles.